The number of halogens is 3. The van der Waals surface area contributed by atoms with Crippen LogP contribution in [0.3, 0.4) is 0 Å². The molecule has 0 saturated carbocycles. The lowest BCUT2D eigenvalue weighted by Crippen LogP contribution is -2.18. The molecule has 7 heteroatoms. The highest BCUT2D eigenvalue weighted by atomic mass is 32.2. The smallest absolute Gasteiger partial charge is 0.446 e. The molecule has 0 aromatic heterocycles. The van der Waals surface area contributed by atoms with E-state index in [0.717, 1.165) is 0 Å². The summed E-state index contributed by atoms with van der Waals surface area (Å²) >= 11 is -0.236. The normalized spacial score (nSPS) is 13.1. The van der Waals surface area contributed by atoms with E-state index in [0.29, 0.717) is 0 Å². The van der Waals surface area contributed by atoms with Crippen LogP contribution in [0.5, 0.6) is 0 Å². The lowest BCUT2D eigenvalue weighted by Gasteiger charge is -2.16. The summed E-state index contributed by atoms with van der Waals surface area (Å²) in [6.45, 7) is 1.86. The highest BCUT2D eigenvalue weighted by Crippen LogP contribution is 2.40. The van der Waals surface area contributed by atoms with Crippen LogP contribution in [-0.4, -0.2) is 18.1 Å². The molecule has 3 nitrogen and oxygen atoms in total. The van der Waals surface area contributed by atoms with Crippen LogP contribution < -0.4 is 5.73 Å². The van der Waals surface area contributed by atoms with Gasteiger partial charge in [0.25, 0.3) is 0 Å². The molecular weight excluding hydrogens is 279 g/mol. The van der Waals surface area contributed by atoms with E-state index in [-0.39, 0.29) is 35.2 Å². The van der Waals surface area contributed by atoms with Gasteiger partial charge in [0.05, 0.1) is 13.0 Å². The van der Waals surface area contributed by atoms with Crippen molar-refractivity contribution in [1.29, 1.82) is 0 Å². The molecule has 0 saturated heterocycles. The summed E-state index contributed by atoms with van der Waals surface area (Å²) in [4.78, 5) is 11.3. The number of thioether (sulfide) groups is 1. The third-order valence-electron chi connectivity index (χ3n) is 2.24. The fraction of sp³-hybridized carbons (Fsp3) is 0.417. The molecule has 1 aromatic carbocycles. The minimum absolute atomic E-state index is 0.00629. The maximum Gasteiger partial charge on any atom is 0.446 e. The first-order valence-electron chi connectivity index (χ1n) is 5.59. The number of benzene rings is 1. The molecule has 19 heavy (non-hydrogen) atoms. The zero-order valence-electron chi connectivity index (χ0n) is 10.2. The molecule has 0 spiro atoms. The van der Waals surface area contributed by atoms with Gasteiger partial charge in [-0.15, -0.1) is 0 Å². The van der Waals surface area contributed by atoms with Gasteiger partial charge in [0.1, 0.15) is 0 Å². The van der Waals surface area contributed by atoms with Crippen LogP contribution in [0.2, 0.25) is 0 Å². The Morgan fingerprint density at radius 3 is 2.63 bits per heavy atom. The fourth-order valence-corrected chi connectivity index (χ4v) is 2.25. The first-order chi connectivity index (χ1) is 8.83. The standard InChI is InChI=1S/C12H14F3NO2S/c1-2-18-11(17)7-9(16)8-5-3-4-6-10(8)19-12(13,14)15/h3-6,9H,2,7,16H2,1H3/t9-/m0/s1. The van der Waals surface area contributed by atoms with Gasteiger partial charge in [0.15, 0.2) is 0 Å². The molecule has 1 rings (SSSR count). The molecule has 1 atom stereocenters. The summed E-state index contributed by atoms with van der Waals surface area (Å²) in [6.07, 6.45) is -0.150. The van der Waals surface area contributed by atoms with Crippen molar-refractivity contribution in [3.63, 3.8) is 0 Å². The van der Waals surface area contributed by atoms with Crippen molar-refractivity contribution in [2.75, 3.05) is 6.61 Å². The van der Waals surface area contributed by atoms with E-state index in [4.69, 9.17) is 10.5 Å². The van der Waals surface area contributed by atoms with Gasteiger partial charge in [0, 0.05) is 10.9 Å². The molecule has 0 aliphatic rings. The van der Waals surface area contributed by atoms with Gasteiger partial charge >= 0.3 is 11.5 Å². The van der Waals surface area contributed by atoms with Crippen molar-refractivity contribution in [2.24, 2.45) is 5.73 Å². The maximum atomic E-state index is 12.4. The monoisotopic (exact) mass is 293 g/mol. The number of carbonyl (C=O) groups excluding carboxylic acids is 1. The van der Waals surface area contributed by atoms with Crippen LogP contribution in [0.15, 0.2) is 29.2 Å². The van der Waals surface area contributed by atoms with E-state index in [1.54, 1.807) is 13.0 Å². The van der Waals surface area contributed by atoms with Crippen molar-refractivity contribution < 1.29 is 22.7 Å². The average Bonchev–Trinajstić information content (AvgIpc) is 2.27. The van der Waals surface area contributed by atoms with Crippen LogP contribution in [-0.2, 0) is 9.53 Å². The highest BCUT2D eigenvalue weighted by molar-refractivity contribution is 8.00. The van der Waals surface area contributed by atoms with E-state index in [1.807, 2.05) is 0 Å². The lowest BCUT2D eigenvalue weighted by molar-refractivity contribution is -0.143. The van der Waals surface area contributed by atoms with E-state index in [1.165, 1.54) is 18.2 Å². The molecular formula is C12H14F3NO2S. The molecule has 2 N–H and O–H groups in total. The Morgan fingerprint density at radius 2 is 2.05 bits per heavy atom. The Labute approximate surface area is 113 Å². The van der Waals surface area contributed by atoms with Gasteiger partial charge in [-0.3, -0.25) is 4.79 Å². The van der Waals surface area contributed by atoms with Gasteiger partial charge in [-0.25, -0.2) is 0 Å². The van der Waals surface area contributed by atoms with E-state index in [9.17, 15) is 18.0 Å². The number of rotatable bonds is 5. The molecule has 0 heterocycles. The van der Waals surface area contributed by atoms with Crippen molar-refractivity contribution in [3.05, 3.63) is 29.8 Å². The molecule has 0 amide bonds. The fourth-order valence-electron chi connectivity index (χ4n) is 1.51. The van der Waals surface area contributed by atoms with Crippen LogP contribution in [0.4, 0.5) is 13.2 Å². The zero-order valence-corrected chi connectivity index (χ0v) is 11.1. The SMILES string of the molecule is CCOC(=O)C[C@H](N)c1ccccc1SC(F)(F)F. The number of carbonyl (C=O) groups is 1. The zero-order chi connectivity index (χ0) is 14.5. The summed E-state index contributed by atoms with van der Waals surface area (Å²) in [5, 5.41) is 0. The molecule has 106 valence electrons. The quantitative estimate of drug-likeness (QED) is 0.669. The molecule has 0 bridgehead atoms. The topological polar surface area (TPSA) is 52.3 Å². The van der Waals surface area contributed by atoms with Crippen LogP contribution in [0, 0.1) is 0 Å². The van der Waals surface area contributed by atoms with E-state index >= 15 is 0 Å². The number of hydrogen-bond donors (Lipinski definition) is 1. The van der Waals surface area contributed by atoms with Gasteiger partial charge in [-0.05, 0) is 30.3 Å². The predicted molar refractivity (Wildman–Crippen MR) is 66.5 cm³/mol. The minimum Gasteiger partial charge on any atom is -0.466 e. The van der Waals surface area contributed by atoms with Crippen LogP contribution in [0.25, 0.3) is 0 Å². The third-order valence-corrected chi connectivity index (χ3v) is 3.06. The van der Waals surface area contributed by atoms with Crippen LogP contribution in [0.1, 0.15) is 24.9 Å². The second-order valence-corrected chi connectivity index (χ2v) is 4.81. The first kappa shape index (κ1) is 15.8. The maximum absolute atomic E-state index is 12.4. The molecule has 0 aliphatic heterocycles. The lowest BCUT2D eigenvalue weighted by atomic mass is 10.1. The molecule has 0 unspecified atom stereocenters. The summed E-state index contributed by atoms with van der Waals surface area (Å²) in [6, 6.07) is 5.08. The number of nitrogens with two attached hydrogens (primary N) is 1. The Kier molecular flexibility index (Phi) is 5.68. The molecule has 0 radical (unpaired) electrons. The average molecular weight is 293 g/mol. The molecule has 1 aromatic rings. The van der Waals surface area contributed by atoms with Gasteiger partial charge in [-0.1, -0.05) is 18.2 Å². The summed E-state index contributed by atoms with van der Waals surface area (Å²) in [7, 11) is 0. The number of esters is 1. The molecule has 0 aliphatic carbocycles. The van der Waals surface area contributed by atoms with Crippen molar-refractivity contribution in [3.8, 4) is 0 Å². The third kappa shape index (κ3) is 5.52. The second-order valence-electron chi connectivity index (χ2n) is 3.70. The largest absolute Gasteiger partial charge is 0.466 e. The van der Waals surface area contributed by atoms with Crippen molar-refractivity contribution >= 4 is 17.7 Å². The van der Waals surface area contributed by atoms with Crippen molar-refractivity contribution in [2.45, 2.75) is 29.8 Å². The Bertz CT molecular complexity index is 437. The van der Waals surface area contributed by atoms with E-state index < -0.39 is 17.5 Å². The number of hydrogen-bond acceptors (Lipinski definition) is 4. The van der Waals surface area contributed by atoms with Crippen LogP contribution >= 0.6 is 11.8 Å². The highest BCUT2D eigenvalue weighted by Gasteiger charge is 2.31. The summed E-state index contributed by atoms with van der Waals surface area (Å²) in [5.41, 5.74) is 1.66. The van der Waals surface area contributed by atoms with E-state index in [2.05, 4.69) is 0 Å². The molecule has 0 fully saturated rings. The minimum atomic E-state index is -4.39. The predicted octanol–water partition coefficient (Wildman–Crippen LogP) is 3.25. The van der Waals surface area contributed by atoms with Gasteiger partial charge in [-0.2, -0.15) is 13.2 Å². The number of alkyl halides is 3. The van der Waals surface area contributed by atoms with Crippen molar-refractivity contribution in [1.82, 2.24) is 0 Å². The van der Waals surface area contributed by atoms with Gasteiger partial charge in [0.2, 0.25) is 0 Å². The Hall–Kier alpha value is -1.21. The second kappa shape index (κ2) is 6.81. The summed E-state index contributed by atoms with van der Waals surface area (Å²) in [5.74, 6) is -0.526. The summed E-state index contributed by atoms with van der Waals surface area (Å²) < 4.78 is 41.9. The first-order valence-corrected chi connectivity index (χ1v) is 6.41. The Balaban J connectivity index is 2.84. The Morgan fingerprint density at radius 1 is 1.42 bits per heavy atom. The van der Waals surface area contributed by atoms with Gasteiger partial charge < -0.3 is 10.5 Å². The number of ether oxygens (including phenoxy) is 1.